The van der Waals surface area contributed by atoms with Crippen LogP contribution in [0.5, 0.6) is 0 Å². The van der Waals surface area contributed by atoms with Gasteiger partial charge in [-0.3, -0.25) is 0 Å². The lowest BCUT2D eigenvalue weighted by atomic mass is 9.82. The van der Waals surface area contributed by atoms with E-state index in [9.17, 15) is 0 Å². The van der Waals surface area contributed by atoms with Crippen molar-refractivity contribution in [3.63, 3.8) is 0 Å². The quantitative estimate of drug-likeness (QED) is 0.122. The van der Waals surface area contributed by atoms with Crippen molar-refractivity contribution in [2.75, 3.05) is 9.80 Å². The highest BCUT2D eigenvalue weighted by atomic mass is 32.1. The third-order valence-corrected chi connectivity index (χ3v) is 26.8. The Bertz CT molecular complexity index is 7800. The SMILES string of the molecule is CC1(C)c2ccccc2-c2ccc(N(c3ccc(-c4ccc5c(c4)c4ccccc4n5-c4ccc(-c5ccccc5)cc4)cc3)c3ccc4oc5ccccc5c4c3)cc21.CC1(C)c2ccccc2-c2ccc(N(c3ccc(-c4ccc5c(c4)c4ccccc4n5-c4ccc(-c5ccccc5)cc4)cc3)c3cccc4c3sc3ccccc34)cc21. The van der Waals surface area contributed by atoms with Crippen LogP contribution in [0.2, 0.25) is 0 Å². The Kier molecular flexibility index (Phi) is 16.4. The van der Waals surface area contributed by atoms with Crippen molar-refractivity contribution in [2.45, 2.75) is 38.5 Å². The number of benzene rings is 18. The fourth-order valence-corrected chi connectivity index (χ4v) is 20.8. The van der Waals surface area contributed by atoms with Crippen LogP contribution in [0.1, 0.15) is 49.9 Å². The summed E-state index contributed by atoms with van der Waals surface area (Å²) in [6, 6.07) is 151. The maximum atomic E-state index is 6.27. The first kappa shape index (κ1) is 70.6. The summed E-state index contributed by atoms with van der Waals surface area (Å²) >= 11 is 1.88. The van der Waals surface area contributed by atoms with Crippen LogP contribution in [0, 0.1) is 0 Å². The number of aromatic nitrogens is 2. The Labute approximate surface area is 701 Å². The molecule has 0 radical (unpaired) electrons. The number of hydrogen-bond donors (Lipinski definition) is 0. The molecule has 22 aromatic rings. The van der Waals surface area contributed by atoms with Gasteiger partial charge in [-0.1, -0.05) is 295 Å². The van der Waals surface area contributed by atoms with E-state index in [0.717, 1.165) is 56.1 Å². The van der Waals surface area contributed by atoms with Crippen LogP contribution in [0.3, 0.4) is 0 Å². The summed E-state index contributed by atoms with van der Waals surface area (Å²) in [5.74, 6) is 0. The molecule has 0 saturated heterocycles. The second-order valence-electron chi connectivity index (χ2n) is 33.1. The van der Waals surface area contributed by atoms with Crippen molar-refractivity contribution in [3.05, 3.63) is 435 Å². The number of rotatable bonds is 12. The molecule has 2 aliphatic rings. The molecule has 0 unspecified atom stereocenters. The maximum Gasteiger partial charge on any atom is 0.135 e. The second kappa shape index (κ2) is 28.0. The standard InChI is InChI=1S/C57H40N2O.C57H40N2S/c1-57(2)51-17-9-6-14-45(51)46-31-29-44(36-52(46)57)58(43-30-33-56-50(35-43)48-16-8-11-19-55(48)60-56)41-25-22-39(23-26-41)40-24-32-54-49(34-40)47-15-7-10-18-53(47)59(54)42-27-20-38(21-28-42)37-12-4-3-5-13-37;1-57(2)50-19-9-6-15-44(50)45-33-32-43(36-51(45)57)58(54-21-12-18-48-47-17-8-11-22-55(47)60-56(48)54)41-28-25-39(26-29-41)40-27-34-53-49(35-40)46-16-7-10-20-52(46)59(53)42-30-23-38(24-31-42)37-13-4-3-5-14-37/h2*3-36H,1-2H3. The number of fused-ring (bicyclic) bond motifs is 18. The zero-order valence-corrected chi connectivity index (χ0v) is 67.7. The summed E-state index contributed by atoms with van der Waals surface area (Å²) in [7, 11) is 0. The molecule has 6 heteroatoms. The van der Waals surface area contributed by atoms with Gasteiger partial charge in [0.2, 0.25) is 0 Å². The van der Waals surface area contributed by atoms with Gasteiger partial charge >= 0.3 is 0 Å². The Balaban J connectivity index is 0.000000140. The van der Waals surface area contributed by atoms with Crippen molar-refractivity contribution in [1.82, 2.24) is 9.13 Å². The summed E-state index contributed by atoms with van der Waals surface area (Å²) in [6.07, 6.45) is 0. The Morgan fingerprint density at radius 1 is 0.233 bits per heavy atom. The second-order valence-corrected chi connectivity index (χ2v) is 34.1. The van der Waals surface area contributed by atoms with E-state index in [1.807, 2.05) is 23.5 Å². The summed E-state index contributed by atoms with van der Waals surface area (Å²) in [6.45, 7) is 9.42. The monoisotopic (exact) mass is 1550 g/mol. The number of nitrogens with zero attached hydrogens (tertiary/aromatic N) is 4. The van der Waals surface area contributed by atoms with Gasteiger partial charge in [0.05, 0.1) is 32.5 Å². The van der Waals surface area contributed by atoms with Gasteiger partial charge in [0.1, 0.15) is 11.2 Å². The van der Waals surface area contributed by atoms with Crippen LogP contribution in [0.25, 0.3) is 164 Å². The Hall–Kier alpha value is -14.8. The number of hydrogen-bond acceptors (Lipinski definition) is 4. The smallest absolute Gasteiger partial charge is 0.135 e. The molecule has 4 aromatic heterocycles. The van der Waals surface area contributed by atoms with Gasteiger partial charge in [0, 0.05) is 98.4 Å². The lowest BCUT2D eigenvalue weighted by Crippen LogP contribution is -2.16. The normalized spacial score (nSPS) is 13.0. The summed E-state index contributed by atoms with van der Waals surface area (Å²) in [5.41, 5.74) is 35.9. The van der Waals surface area contributed by atoms with Crippen LogP contribution in [0.15, 0.2) is 417 Å². The molecule has 0 fully saturated rings. The van der Waals surface area contributed by atoms with Crippen molar-refractivity contribution >= 4 is 131 Å². The molecule has 18 aromatic carbocycles. The van der Waals surface area contributed by atoms with Gasteiger partial charge in [-0.15, -0.1) is 11.3 Å². The van der Waals surface area contributed by atoms with E-state index in [2.05, 4.69) is 447 Å². The van der Waals surface area contributed by atoms with Gasteiger partial charge in [-0.25, -0.2) is 0 Å². The largest absolute Gasteiger partial charge is 0.456 e. The maximum absolute atomic E-state index is 6.27. The van der Waals surface area contributed by atoms with Crippen LogP contribution in [-0.4, -0.2) is 9.13 Å². The van der Waals surface area contributed by atoms with Crippen molar-refractivity contribution in [3.8, 4) is 78.1 Å². The molecule has 24 rings (SSSR count). The van der Waals surface area contributed by atoms with Crippen LogP contribution >= 0.6 is 11.3 Å². The molecular formula is C114H80N4OS. The molecule has 0 bridgehead atoms. The van der Waals surface area contributed by atoms with E-state index >= 15 is 0 Å². The molecular weight excluding hydrogens is 1470 g/mol. The molecule has 0 spiro atoms. The summed E-state index contributed by atoms with van der Waals surface area (Å²) in [4.78, 5) is 4.87. The number of anilines is 6. The number of para-hydroxylation sites is 3. The van der Waals surface area contributed by atoms with Gasteiger partial charge in [-0.05, 0) is 235 Å². The summed E-state index contributed by atoms with van der Waals surface area (Å²) < 4.78 is 13.7. The fourth-order valence-electron chi connectivity index (χ4n) is 19.6. The zero-order chi connectivity index (χ0) is 79.9. The first-order valence-corrected chi connectivity index (χ1v) is 42.3. The van der Waals surface area contributed by atoms with E-state index < -0.39 is 0 Å². The zero-order valence-electron chi connectivity index (χ0n) is 66.9. The Morgan fingerprint density at radius 2 is 0.608 bits per heavy atom. The van der Waals surface area contributed by atoms with Crippen LogP contribution in [0.4, 0.5) is 34.1 Å². The topological polar surface area (TPSA) is 29.5 Å². The molecule has 2 aliphatic carbocycles. The molecule has 568 valence electrons. The van der Waals surface area contributed by atoms with Gasteiger partial charge < -0.3 is 23.4 Å². The van der Waals surface area contributed by atoms with Crippen molar-refractivity contribution in [2.24, 2.45) is 0 Å². The minimum atomic E-state index is -0.116. The van der Waals surface area contributed by atoms with Crippen LogP contribution < -0.4 is 9.80 Å². The van der Waals surface area contributed by atoms with Gasteiger partial charge in [0.15, 0.2) is 0 Å². The minimum Gasteiger partial charge on any atom is -0.456 e. The molecule has 0 atom stereocenters. The molecule has 0 amide bonds. The Morgan fingerprint density at radius 3 is 1.16 bits per heavy atom. The average molecular weight is 1550 g/mol. The molecule has 0 aliphatic heterocycles. The highest BCUT2D eigenvalue weighted by molar-refractivity contribution is 7.26. The minimum absolute atomic E-state index is 0.103. The van der Waals surface area contributed by atoms with E-state index in [1.54, 1.807) is 0 Å². The first-order valence-electron chi connectivity index (χ1n) is 41.5. The molecule has 120 heavy (non-hydrogen) atoms. The predicted molar refractivity (Wildman–Crippen MR) is 508 cm³/mol. The number of furan rings is 1. The molecule has 0 N–H and O–H groups in total. The predicted octanol–water partition coefficient (Wildman–Crippen LogP) is 32.1. The van der Waals surface area contributed by atoms with Crippen molar-refractivity contribution < 1.29 is 4.42 Å². The first-order chi connectivity index (χ1) is 59.0. The van der Waals surface area contributed by atoms with Crippen molar-refractivity contribution in [1.29, 1.82) is 0 Å². The van der Waals surface area contributed by atoms with E-state index in [4.69, 9.17) is 4.42 Å². The van der Waals surface area contributed by atoms with E-state index in [-0.39, 0.29) is 10.8 Å². The number of thiophene rings is 1. The third-order valence-electron chi connectivity index (χ3n) is 25.6. The fraction of sp³-hybridized carbons (Fsp3) is 0.0526. The lowest BCUT2D eigenvalue weighted by Gasteiger charge is -2.28. The van der Waals surface area contributed by atoms with E-state index in [0.29, 0.717) is 0 Å². The molecule has 5 nitrogen and oxygen atoms in total. The van der Waals surface area contributed by atoms with Gasteiger partial charge in [0.25, 0.3) is 0 Å². The van der Waals surface area contributed by atoms with Gasteiger partial charge in [-0.2, -0.15) is 0 Å². The third kappa shape index (κ3) is 11.5. The van der Waals surface area contributed by atoms with E-state index in [1.165, 1.54) is 164 Å². The highest BCUT2D eigenvalue weighted by Crippen LogP contribution is 2.55. The summed E-state index contributed by atoms with van der Waals surface area (Å²) in [5, 5.41) is 9.82. The average Bonchev–Trinajstić information content (AvgIpc) is 1.57. The van der Waals surface area contributed by atoms with Crippen LogP contribution in [-0.2, 0) is 10.8 Å². The highest BCUT2D eigenvalue weighted by Gasteiger charge is 2.38. The molecule has 4 heterocycles. The lowest BCUT2D eigenvalue weighted by molar-refractivity contribution is 0.660. The molecule has 0 saturated carbocycles.